The fourth-order valence-electron chi connectivity index (χ4n) is 3.83. The summed E-state index contributed by atoms with van der Waals surface area (Å²) in [7, 11) is 0. The lowest BCUT2D eigenvalue weighted by Gasteiger charge is -2.29. The first-order valence-corrected chi connectivity index (χ1v) is 10.7. The number of nitrogens with zero attached hydrogens (tertiary/aromatic N) is 4. The second-order valence-electron chi connectivity index (χ2n) is 7.46. The summed E-state index contributed by atoms with van der Waals surface area (Å²) in [5.74, 6) is 0.568. The van der Waals surface area contributed by atoms with E-state index in [4.69, 9.17) is 0 Å². The Kier molecular flexibility index (Phi) is 5.41. The van der Waals surface area contributed by atoms with Crippen molar-refractivity contribution in [1.29, 1.82) is 0 Å². The fourth-order valence-corrected chi connectivity index (χ4v) is 4.73. The molecule has 2 fully saturated rings. The Morgan fingerprint density at radius 2 is 2.07 bits per heavy atom. The normalized spacial score (nSPS) is 21.2. The molecule has 1 saturated heterocycles. The quantitative estimate of drug-likeness (QED) is 0.813. The summed E-state index contributed by atoms with van der Waals surface area (Å²) in [5.41, 5.74) is 1.33. The van der Waals surface area contributed by atoms with E-state index >= 15 is 0 Å². The van der Waals surface area contributed by atoms with Gasteiger partial charge < -0.3 is 4.90 Å². The number of benzene rings is 1. The molecular formula is C20H27N5OS. The van der Waals surface area contributed by atoms with Crippen LogP contribution in [0.15, 0.2) is 30.3 Å². The number of rotatable bonds is 6. The molecule has 1 aliphatic heterocycles. The molecule has 7 heteroatoms. The lowest BCUT2D eigenvalue weighted by molar-refractivity contribution is 0.184. The van der Waals surface area contributed by atoms with Gasteiger partial charge in [-0.05, 0) is 38.7 Å². The van der Waals surface area contributed by atoms with E-state index in [9.17, 15) is 4.79 Å². The number of likely N-dealkylation sites (tertiary alicyclic amines) is 1. The topological polar surface area (TPSA) is 61.4 Å². The Bertz CT molecular complexity index is 776. The Balaban J connectivity index is 1.36. The summed E-state index contributed by atoms with van der Waals surface area (Å²) in [6, 6.07) is 11.1. The highest BCUT2D eigenvalue weighted by molar-refractivity contribution is 7.15. The molecule has 6 nitrogen and oxygen atoms in total. The molecule has 0 radical (unpaired) electrons. The van der Waals surface area contributed by atoms with Gasteiger partial charge in [-0.2, -0.15) is 0 Å². The minimum absolute atomic E-state index is 0.0600. The molecular weight excluding hydrogens is 358 g/mol. The summed E-state index contributed by atoms with van der Waals surface area (Å²) in [4.78, 5) is 17.2. The first-order valence-electron chi connectivity index (χ1n) is 9.85. The predicted molar refractivity (Wildman–Crippen MR) is 108 cm³/mol. The molecule has 1 aliphatic carbocycles. The minimum Gasteiger partial charge on any atom is -0.320 e. The van der Waals surface area contributed by atoms with Gasteiger partial charge in [0.2, 0.25) is 5.13 Å². The van der Waals surface area contributed by atoms with Crippen LogP contribution in [0.2, 0.25) is 0 Å². The summed E-state index contributed by atoms with van der Waals surface area (Å²) >= 11 is 1.51. The number of anilines is 1. The van der Waals surface area contributed by atoms with Crippen LogP contribution in [0.5, 0.6) is 0 Å². The van der Waals surface area contributed by atoms with E-state index in [-0.39, 0.29) is 12.1 Å². The number of carbonyl (C=O) groups is 1. The number of hydrogen-bond acceptors (Lipinski definition) is 5. The van der Waals surface area contributed by atoms with E-state index in [2.05, 4.69) is 51.6 Å². The van der Waals surface area contributed by atoms with E-state index in [1.165, 1.54) is 29.7 Å². The maximum atomic E-state index is 12.8. The van der Waals surface area contributed by atoms with Gasteiger partial charge in [0.25, 0.3) is 0 Å². The van der Waals surface area contributed by atoms with Crippen molar-refractivity contribution in [2.45, 2.75) is 51.1 Å². The van der Waals surface area contributed by atoms with Crippen molar-refractivity contribution >= 4 is 22.5 Å². The van der Waals surface area contributed by atoms with E-state index in [1.807, 2.05) is 17.9 Å². The Morgan fingerprint density at radius 1 is 1.30 bits per heavy atom. The van der Waals surface area contributed by atoms with Gasteiger partial charge >= 0.3 is 6.03 Å². The van der Waals surface area contributed by atoms with Crippen molar-refractivity contribution in [2.24, 2.45) is 0 Å². The highest BCUT2D eigenvalue weighted by Crippen LogP contribution is 2.42. The van der Waals surface area contributed by atoms with Crippen LogP contribution in [0.1, 0.15) is 55.6 Å². The maximum Gasteiger partial charge on any atom is 0.323 e. The molecule has 144 valence electrons. The lowest BCUT2D eigenvalue weighted by atomic mass is 10.1. The number of hydrogen-bond donors (Lipinski definition) is 1. The number of aromatic nitrogens is 2. The largest absolute Gasteiger partial charge is 0.323 e. The molecule has 4 rings (SSSR count). The van der Waals surface area contributed by atoms with E-state index < -0.39 is 0 Å². The van der Waals surface area contributed by atoms with Crippen LogP contribution < -0.4 is 5.32 Å². The zero-order chi connectivity index (χ0) is 18.8. The molecule has 1 saturated carbocycles. The summed E-state index contributed by atoms with van der Waals surface area (Å²) in [6.45, 7) is 6.89. The SMILES string of the molecule is CCN(C(=O)Nc1nnc(C2CC2)s1)[C@H]1CCN([C@@H](C)c2ccccc2)C1. The number of nitrogens with one attached hydrogen (secondary N) is 1. The highest BCUT2D eigenvalue weighted by Gasteiger charge is 2.33. The van der Waals surface area contributed by atoms with E-state index in [0.717, 1.165) is 24.5 Å². The summed E-state index contributed by atoms with van der Waals surface area (Å²) in [6.07, 6.45) is 3.39. The van der Waals surface area contributed by atoms with Crippen LogP contribution in [0, 0.1) is 0 Å². The summed E-state index contributed by atoms with van der Waals surface area (Å²) in [5, 5.41) is 13.0. The van der Waals surface area contributed by atoms with Crippen LogP contribution in [-0.4, -0.2) is 51.7 Å². The van der Waals surface area contributed by atoms with Crippen molar-refractivity contribution in [1.82, 2.24) is 20.0 Å². The average molecular weight is 386 g/mol. The van der Waals surface area contributed by atoms with Crippen LogP contribution in [0.25, 0.3) is 0 Å². The van der Waals surface area contributed by atoms with Gasteiger partial charge in [-0.15, -0.1) is 10.2 Å². The molecule has 0 bridgehead atoms. The molecule has 2 atom stereocenters. The number of amides is 2. The minimum atomic E-state index is -0.0600. The average Bonchev–Trinajstić information content (AvgIpc) is 3.24. The van der Waals surface area contributed by atoms with E-state index in [0.29, 0.717) is 23.6 Å². The second-order valence-corrected chi connectivity index (χ2v) is 8.47. The number of likely N-dealkylation sites (N-methyl/N-ethyl adjacent to an activating group) is 1. The van der Waals surface area contributed by atoms with Crippen molar-refractivity contribution in [3.8, 4) is 0 Å². The first-order chi connectivity index (χ1) is 13.2. The third-order valence-electron chi connectivity index (χ3n) is 5.65. The molecule has 2 aliphatic rings. The van der Waals surface area contributed by atoms with Gasteiger partial charge in [-0.1, -0.05) is 41.7 Å². The molecule has 0 spiro atoms. The molecule has 2 heterocycles. The number of urea groups is 1. The smallest absolute Gasteiger partial charge is 0.320 e. The first kappa shape index (κ1) is 18.4. The third kappa shape index (κ3) is 4.14. The molecule has 1 aromatic carbocycles. The zero-order valence-electron chi connectivity index (χ0n) is 16.0. The van der Waals surface area contributed by atoms with Crippen molar-refractivity contribution < 1.29 is 4.79 Å². The molecule has 1 N–H and O–H groups in total. The Labute approximate surface area is 164 Å². The molecule has 2 aromatic rings. The van der Waals surface area contributed by atoms with Crippen molar-refractivity contribution in [3.05, 3.63) is 40.9 Å². The van der Waals surface area contributed by atoms with Gasteiger partial charge in [-0.3, -0.25) is 10.2 Å². The second kappa shape index (κ2) is 7.94. The molecule has 27 heavy (non-hydrogen) atoms. The van der Waals surface area contributed by atoms with Gasteiger partial charge in [0, 0.05) is 37.6 Å². The van der Waals surface area contributed by atoms with Gasteiger partial charge in [-0.25, -0.2) is 4.79 Å². The van der Waals surface area contributed by atoms with Gasteiger partial charge in [0.15, 0.2) is 0 Å². The summed E-state index contributed by atoms with van der Waals surface area (Å²) < 4.78 is 0. The Morgan fingerprint density at radius 3 is 2.78 bits per heavy atom. The van der Waals surface area contributed by atoms with E-state index in [1.54, 1.807) is 0 Å². The third-order valence-corrected chi connectivity index (χ3v) is 6.65. The zero-order valence-corrected chi connectivity index (χ0v) is 16.8. The van der Waals surface area contributed by atoms with Gasteiger partial charge in [0.1, 0.15) is 5.01 Å². The van der Waals surface area contributed by atoms with Crippen LogP contribution >= 0.6 is 11.3 Å². The van der Waals surface area contributed by atoms with Crippen LogP contribution in [-0.2, 0) is 0 Å². The Hall–Kier alpha value is -1.99. The van der Waals surface area contributed by atoms with Crippen LogP contribution in [0.4, 0.5) is 9.93 Å². The van der Waals surface area contributed by atoms with Crippen molar-refractivity contribution in [3.63, 3.8) is 0 Å². The van der Waals surface area contributed by atoms with Crippen LogP contribution in [0.3, 0.4) is 0 Å². The monoisotopic (exact) mass is 385 g/mol. The fraction of sp³-hybridized carbons (Fsp3) is 0.550. The van der Waals surface area contributed by atoms with Crippen molar-refractivity contribution in [2.75, 3.05) is 25.0 Å². The molecule has 0 unspecified atom stereocenters. The number of carbonyl (C=O) groups excluding carboxylic acids is 1. The predicted octanol–water partition coefficient (Wildman–Crippen LogP) is 4.10. The van der Waals surface area contributed by atoms with Gasteiger partial charge in [0.05, 0.1) is 0 Å². The lowest BCUT2D eigenvalue weighted by Crippen LogP contribution is -2.44. The maximum absolute atomic E-state index is 12.8. The highest BCUT2D eigenvalue weighted by atomic mass is 32.1. The molecule has 1 aromatic heterocycles. The standard InChI is InChI=1S/C20H27N5OS/c1-3-25(20(26)21-19-23-22-18(27-19)16-9-10-16)17-11-12-24(13-17)14(2)15-7-5-4-6-8-15/h4-8,14,16-17H,3,9-13H2,1-2H3,(H,21,23,26)/t14-,17-/m0/s1. The molecule has 2 amide bonds.